The Morgan fingerprint density at radius 2 is 1.13 bits per heavy atom. The molecule has 0 saturated carbocycles. The fraction of sp³-hybridized carbons (Fsp3) is 0.783. The van der Waals surface area contributed by atoms with Crippen LogP contribution in [0, 0.1) is 0 Å². The highest BCUT2D eigenvalue weighted by Gasteiger charge is 2.14. The Morgan fingerprint density at radius 1 is 0.615 bits per heavy atom. The summed E-state index contributed by atoms with van der Waals surface area (Å²) in [6.45, 7) is 2.20. The maximum Gasteiger partial charge on any atom is 0.322 e. The first-order chi connectivity index (χ1) is 18.8. The number of nitrogens with two attached hydrogens (primary N) is 1. The molecule has 0 spiro atoms. The van der Waals surface area contributed by atoms with Crippen LogP contribution in [0.5, 0.6) is 0 Å². The summed E-state index contributed by atoms with van der Waals surface area (Å²) in [6, 6.07) is -0.804. The number of aliphatic carboxylic acids is 2. The number of carbonyl (C=O) groups excluding carboxylic acids is 3. The van der Waals surface area contributed by atoms with Crippen molar-refractivity contribution in [3.05, 3.63) is 0 Å². The number of hydrazine groups is 1. The molecular formula is C23H43N5O11. The second kappa shape index (κ2) is 25.4. The number of rotatable bonds is 27. The van der Waals surface area contributed by atoms with Gasteiger partial charge >= 0.3 is 11.9 Å². The molecule has 0 aliphatic rings. The lowest BCUT2D eigenvalue weighted by molar-refractivity contribution is -0.140. The third-order valence-corrected chi connectivity index (χ3v) is 4.88. The summed E-state index contributed by atoms with van der Waals surface area (Å²) in [5, 5.41) is 25.3. The number of hydrogen-bond acceptors (Lipinski definition) is 11. The molecule has 0 heterocycles. The van der Waals surface area contributed by atoms with E-state index < -0.39 is 18.0 Å². The highest BCUT2D eigenvalue weighted by molar-refractivity contribution is 5.77. The minimum absolute atomic E-state index is 0.0447. The van der Waals surface area contributed by atoms with Crippen molar-refractivity contribution in [2.45, 2.75) is 44.6 Å². The monoisotopic (exact) mass is 565 g/mol. The molecule has 0 radical (unpaired) electrons. The van der Waals surface area contributed by atoms with Crippen molar-refractivity contribution < 1.29 is 53.1 Å². The van der Waals surface area contributed by atoms with Crippen LogP contribution in [-0.4, -0.2) is 118 Å². The number of amides is 3. The van der Waals surface area contributed by atoms with Crippen molar-refractivity contribution in [3.8, 4) is 0 Å². The van der Waals surface area contributed by atoms with E-state index in [2.05, 4.69) is 21.4 Å². The molecule has 16 nitrogen and oxygen atoms in total. The van der Waals surface area contributed by atoms with Gasteiger partial charge in [0.25, 0.3) is 0 Å². The standard InChI is InChI=1S/C23H43N5O11/c24-28-18(23(34)35)4-1-2-7-25-20(30)16-38-14-13-37-11-9-27-21(31)17-39-15-12-36-10-8-26-19(29)5-3-6-22(32)33/h18,28H,1-17,24H2,(H,25,30)(H,26,29)(H,27,31)(H,32,33)(H,34,35). The highest BCUT2D eigenvalue weighted by atomic mass is 16.5. The number of ether oxygens (including phenoxy) is 4. The second-order valence-electron chi connectivity index (χ2n) is 8.18. The average molecular weight is 566 g/mol. The lowest BCUT2D eigenvalue weighted by Gasteiger charge is -2.11. The quantitative estimate of drug-likeness (QED) is 0.0317. The normalized spacial score (nSPS) is 11.5. The molecule has 226 valence electrons. The molecule has 0 saturated heterocycles. The second-order valence-corrected chi connectivity index (χ2v) is 8.18. The van der Waals surface area contributed by atoms with Gasteiger partial charge in [0.05, 0.1) is 39.6 Å². The van der Waals surface area contributed by atoms with Crippen molar-refractivity contribution in [2.75, 3.05) is 72.5 Å². The predicted octanol–water partition coefficient (Wildman–Crippen LogP) is -2.26. The van der Waals surface area contributed by atoms with Crippen molar-refractivity contribution in [3.63, 3.8) is 0 Å². The van der Waals surface area contributed by atoms with Crippen LogP contribution < -0.4 is 27.2 Å². The SMILES string of the molecule is NNC(CCCCNC(=O)COCCOCCNC(=O)COCCOCCNC(=O)CCCC(=O)O)C(=O)O. The van der Waals surface area contributed by atoms with E-state index in [1.165, 1.54) is 0 Å². The summed E-state index contributed by atoms with van der Waals surface area (Å²) in [5.41, 5.74) is 2.22. The van der Waals surface area contributed by atoms with E-state index in [-0.39, 0.29) is 96.4 Å². The van der Waals surface area contributed by atoms with Crippen LogP contribution in [0.15, 0.2) is 0 Å². The van der Waals surface area contributed by atoms with E-state index in [1.54, 1.807) is 0 Å². The minimum Gasteiger partial charge on any atom is -0.481 e. The molecule has 16 heteroatoms. The average Bonchev–Trinajstić information content (AvgIpc) is 2.88. The first-order valence-electron chi connectivity index (χ1n) is 12.8. The number of carbonyl (C=O) groups is 5. The van der Waals surface area contributed by atoms with Crippen molar-refractivity contribution in [1.82, 2.24) is 21.4 Å². The number of hydrogen-bond donors (Lipinski definition) is 7. The summed E-state index contributed by atoms with van der Waals surface area (Å²) in [4.78, 5) is 56.0. The van der Waals surface area contributed by atoms with Crippen LogP contribution in [0.1, 0.15) is 38.5 Å². The molecule has 39 heavy (non-hydrogen) atoms. The lowest BCUT2D eigenvalue weighted by Crippen LogP contribution is -2.41. The lowest BCUT2D eigenvalue weighted by atomic mass is 10.1. The van der Waals surface area contributed by atoms with Gasteiger partial charge in [0.15, 0.2) is 0 Å². The molecule has 0 rings (SSSR count). The largest absolute Gasteiger partial charge is 0.481 e. The van der Waals surface area contributed by atoms with E-state index in [0.29, 0.717) is 32.4 Å². The van der Waals surface area contributed by atoms with Crippen LogP contribution in [0.3, 0.4) is 0 Å². The van der Waals surface area contributed by atoms with E-state index in [0.717, 1.165) is 0 Å². The molecule has 1 unspecified atom stereocenters. The predicted molar refractivity (Wildman–Crippen MR) is 136 cm³/mol. The van der Waals surface area contributed by atoms with Gasteiger partial charge in [-0.3, -0.25) is 29.8 Å². The maximum absolute atomic E-state index is 11.7. The van der Waals surface area contributed by atoms with Gasteiger partial charge < -0.3 is 45.1 Å². The Morgan fingerprint density at radius 3 is 1.64 bits per heavy atom. The number of carboxylic acid groups (broad SMARTS) is 2. The summed E-state index contributed by atoms with van der Waals surface area (Å²) in [6.07, 6.45) is 1.97. The first kappa shape index (κ1) is 36.1. The molecule has 8 N–H and O–H groups in total. The molecule has 0 fully saturated rings. The molecule has 0 aromatic rings. The van der Waals surface area contributed by atoms with E-state index >= 15 is 0 Å². The van der Waals surface area contributed by atoms with Gasteiger partial charge in [0, 0.05) is 32.5 Å². The van der Waals surface area contributed by atoms with Crippen molar-refractivity contribution in [1.29, 1.82) is 0 Å². The van der Waals surface area contributed by atoms with Gasteiger partial charge in [-0.1, -0.05) is 0 Å². The van der Waals surface area contributed by atoms with E-state index in [4.69, 9.17) is 35.0 Å². The summed E-state index contributed by atoms with van der Waals surface area (Å²) >= 11 is 0. The van der Waals surface area contributed by atoms with Crippen LogP contribution >= 0.6 is 0 Å². The Balaban J connectivity index is 3.41. The maximum atomic E-state index is 11.7. The molecule has 0 aromatic carbocycles. The van der Waals surface area contributed by atoms with Crippen molar-refractivity contribution >= 4 is 29.7 Å². The molecule has 1 atom stereocenters. The highest BCUT2D eigenvalue weighted by Crippen LogP contribution is 1.99. The van der Waals surface area contributed by atoms with Crippen LogP contribution in [0.25, 0.3) is 0 Å². The number of unbranched alkanes of at least 4 members (excludes halogenated alkanes) is 1. The van der Waals surface area contributed by atoms with Gasteiger partial charge in [-0.25, -0.2) is 5.43 Å². The number of nitrogens with one attached hydrogen (secondary N) is 4. The van der Waals surface area contributed by atoms with Crippen molar-refractivity contribution in [2.24, 2.45) is 5.84 Å². The third-order valence-electron chi connectivity index (χ3n) is 4.88. The molecule has 0 aromatic heterocycles. The van der Waals surface area contributed by atoms with Gasteiger partial charge in [0.2, 0.25) is 17.7 Å². The van der Waals surface area contributed by atoms with Crippen LogP contribution in [0.2, 0.25) is 0 Å². The zero-order valence-electron chi connectivity index (χ0n) is 22.2. The molecule has 0 aliphatic carbocycles. The summed E-state index contributed by atoms with van der Waals surface area (Å²) in [5.74, 6) is 2.37. The molecular weight excluding hydrogens is 522 g/mol. The van der Waals surface area contributed by atoms with E-state index in [1.807, 2.05) is 0 Å². The Bertz CT molecular complexity index is 712. The Kier molecular flexibility index (Phi) is 23.5. The van der Waals surface area contributed by atoms with Crippen LogP contribution in [-0.2, 0) is 42.9 Å². The van der Waals surface area contributed by atoms with Gasteiger partial charge in [0.1, 0.15) is 19.3 Å². The minimum atomic E-state index is -1.02. The van der Waals surface area contributed by atoms with Gasteiger partial charge in [-0.05, 0) is 25.7 Å². The van der Waals surface area contributed by atoms with E-state index in [9.17, 15) is 24.0 Å². The molecule has 0 bridgehead atoms. The third kappa shape index (κ3) is 25.2. The van der Waals surface area contributed by atoms with Gasteiger partial charge in [-0.2, -0.15) is 0 Å². The first-order valence-corrected chi connectivity index (χ1v) is 12.8. The topological polar surface area (TPSA) is 237 Å². The smallest absolute Gasteiger partial charge is 0.322 e. The van der Waals surface area contributed by atoms with Crippen LogP contribution in [0.4, 0.5) is 0 Å². The zero-order chi connectivity index (χ0) is 29.1. The molecule has 3 amide bonds. The van der Waals surface area contributed by atoms with Gasteiger partial charge in [-0.15, -0.1) is 0 Å². The summed E-state index contributed by atoms with van der Waals surface area (Å²) in [7, 11) is 0. The zero-order valence-corrected chi connectivity index (χ0v) is 22.2. The fourth-order valence-corrected chi connectivity index (χ4v) is 2.86. The summed E-state index contributed by atoms with van der Waals surface area (Å²) < 4.78 is 21.0. The number of carboxylic acids is 2. The Hall–Kier alpha value is -2.89. The fourth-order valence-electron chi connectivity index (χ4n) is 2.86. The molecule has 0 aliphatic heterocycles. The Labute approximate surface area is 227 Å².